The van der Waals surface area contributed by atoms with E-state index in [0.717, 1.165) is 189 Å². The van der Waals surface area contributed by atoms with Crippen molar-refractivity contribution in [3.8, 4) is 17.2 Å². The van der Waals surface area contributed by atoms with Crippen LogP contribution in [0.25, 0.3) is 0 Å². The molecule has 0 aliphatic carbocycles. The van der Waals surface area contributed by atoms with Crippen molar-refractivity contribution in [1.29, 1.82) is 0 Å². The molecule has 10 N–H and O–H groups in total. The Kier molecular flexibility index (Phi) is 66.9. The topological polar surface area (TPSA) is 322 Å². The number of hydrogen-bond acceptors (Lipinski definition) is 17. The number of carboxylic acid groups (broad SMARTS) is 7. The standard InChI is InChI=1S/2C14H19ClO2S.C14H20O3S.C12H15ClO2S.C12H16O3S.C10H11ClO2S.C10H12O3S/c2*15-12-7-9-13(10-8-12)18-11-5-3-1-2-4-6-14(16)17;15-12-7-6-8-13(11-12)18-10-5-3-1-2-4-9-14(16)17;13-10-5-4-6-11(9-10)16-8-3-1-2-7-12(14)15;13-10-5-7-11(8-6-10)16-9-3-1-2-4-12(14)15;11-8-3-5-9(6-4-8)14-7-1-2-10(12)13;11-8-3-1-4-9(7-8)14-6-2-5-10(12)13/h2*7-10H,1-6,11H2,(H,16,17);6-8,11,15H,1-5,9-10H2,(H,16,17);4-6,9H,1-3,7-8H2,(H,14,15);5-8,13H,1-4,9H2,(H,14,15);3-6H,1-2,7H2,(H,12,13);1,3-4,7,11H,2,5-6H2,(H,12,13). The van der Waals surface area contributed by atoms with Gasteiger partial charge in [0, 0.05) is 99.3 Å². The fraction of sp³-hybridized carbons (Fsp3) is 0.430. The Hall–Kier alpha value is -6.16. The zero-order chi connectivity index (χ0) is 84.0. The van der Waals surface area contributed by atoms with Crippen LogP contribution in [-0.2, 0) is 33.6 Å². The largest absolute Gasteiger partial charge is 0.508 e. The lowest BCUT2D eigenvalue weighted by Crippen LogP contribution is -1.94. The lowest BCUT2D eigenvalue weighted by molar-refractivity contribution is -0.138. The molecule has 0 heterocycles. The van der Waals surface area contributed by atoms with Gasteiger partial charge in [0.05, 0.1) is 0 Å². The zero-order valence-electron chi connectivity index (χ0n) is 64.5. The predicted molar refractivity (Wildman–Crippen MR) is 477 cm³/mol. The van der Waals surface area contributed by atoms with Crippen molar-refractivity contribution >= 4 is 171 Å². The summed E-state index contributed by atoms with van der Waals surface area (Å²) in [5.74, 6) is 2.71. The lowest BCUT2D eigenvalue weighted by atomic mass is 10.1. The summed E-state index contributed by atoms with van der Waals surface area (Å²) in [6, 6.07) is 52.5. The number of rotatable bonds is 51. The number of aliphatic carboxylic acids is 7. The van der Waals surface area contributed by atoms with E-state index in [2.05, 4.69) is 0 Å². The molecule has 628 valence electrons. The molecule has 0 bridgehead atoms. The third-order valence-corrected chi connectivity index (χ3v) is 24.0. The molecule has 0 aliphatic heterocycles. The molecule has 17 nitrogen and oxygen atoms in total. The first-order valence-corrected chi connectivity index (χ1v) is 46.5. The Morgan fingerprint density at radius 1 is 0.202 bits per heavy atom. The minimum atomic E-state index is -0.762. The van der Waals surface area contributed by atoms with Crippen LogP contribution in [0.1, 0.15) is 193 Å². The molecule has 114 heavy (non-hydrogen) atoms. The third-order valence-electron chi connectivity index (χ3n) is 15.3. The summed E-state index contributed by atoms with van der Waals surface area (Å²) < 4.78 is 0. The summed E-state index contributed by atoms with van der Waals surface area (Å²) in [4.78, 5) is 79.9. The second-order valence-electron chi connectivity index (χ2n) is 25.4. The van der Waals surface area contributed by atoms with Gasteiger partial charge in [-0.25, -0.2) is 0 Å². The Morgan fingerprint density at radius 3 is 0.658 bits per heavy atom. The summed E-state index contributed by atoms with van der Waals surface area (Å²) in [6.45, 7) is 0. The number of benzene rings is 7. The number of aromatic hydroxyl groups is 3. The number of carbonyl (C=O) groups is 7. The SMILES string of the molecule is O=C(O)CCCCCCCSc1ccc(Cl)cc1.O=C(O)CCCCCCCSc1ccc(Cl)cc1.O=C(O)CCCCCCCSc1cccc(O)c1.O=C(O)CCCCCSc1ccc(O)cc1.O=C(O)CCCCCSc1cccc(Cl)c1.O=C(O)CCCSc1ccc(Cl)cc1.O=C(O)CCCSc1cccc(O)c1. The van der Waals surface area contributed by atoms with E-state index in [9.17, 15) is 38.7 Å². The summed E-state index contributed by atoms with van der Waals surface area (Å²) in [5.41, 5.74) is 0. The number of phenols is 3. The number of halogens is 4. The molecule has 0 unspecified atom stereocenters. The van der Waals surface area contributed by atoms with Crippen molar-refractivity contribution in [2.45, 2.75) is 227 Å². The van der Waals surface area contributed by atoms with Crippen LogP contribution in [0.2, 0.25) is 20.1 Å². The molecule has 0 saturated heterocycles. The van der Waals surface area contributed by atoms with E-state index in [1.165, 1.54) is 40.4 Å². The first kappa shape index (κ1) is 106. The molecule has 0 spiro atoms. The van der Waals surface area contributed by atoms with Gasteiger partial charge in [-0.1, -0.05) is 135 Å². The maximum atomic E-state index is 10.3. The quantitative estimate of drug-likeness (QED) is 0.0125. The van der Waals surface area contributed by atoms with Crippen LogP contribution < -0.4 is 0 Å². The van der Waals surface area contributed by atoms with Crippen molar-refractivity contribution in [1.82, 2.24) is 0 Å². The lowest BCUT2D eigenvalue weighted by Gasteiger charge is -2.02. The van der Waals surface area contributed by atoms with Crippen LogP contribution in [0.15, 0.2) is 204 Å². The number of thioether (sulfide) groups is 7. The van der Waals surface area contributed by atoms with Crippen molar-refractivity contribution in [3.05, 3.63) is 190 Å². The fourth-order valence-corrected chi connectivity index (χ4v) is 16.5. The second-order valence-corrected chi connectivity index (χ2v) is 35.3. The van der Waals surface area contributed by atoms with E-state index >= 15 is 0 Å². The van der Waals surface area contributed by atoms with Crippen LogP contribution in [0.3, 0.4) is 0 Å². The van der Waals surface area contributed by atoms with Gasteiger partial charge in [-0.2, -0.15) is 0 Å². The molecular formula is C86H112Cl4O17S7. The highest BCUT2D eigenvalue weighted by Gasteiger charge is 2.06. The third kappa shape index (κ3) is 70.1. The van der Waals surface area contributed by atoms with Gasteiger partial charge in [-0.15, -0.1) is 82.3 Å². The maximum Gasteiger partial charge on any atom is 0.303 e. The fourth-order valence-electron chi connectivity index (χ4n) is 9.45. The molecule has 0 atom stereocenters. The predicted octanol–water partition coefficient (Wildman–Crippen LogP) is 26.5. The average molecular weight is 1780 g/mol. The van der Waals surface area contributed by atoms with E-state index in [-0.39, 0.29) is 43.6 Å². The van der Waals surface area contributed by atoms with Crippen molar-refractivity contribution in [2.75, 3.05) is 40.3 Å². The Labute approximate surface area is 723 Å². The highest BCUT2D eigenvalue weighted by molar-refractivity contribution is 8.00. The molecule has 28 heteroatoms. The second kappa shape index (κ2) is 72.1. The number of hydrogen-bond donors (Lipinski definition) is 10. The summed E-state index contributed by atoms with van der Waals surface area (Å²) in [6.07, 6.45) is 24.6. The minimum Gasteiger partial charge on any atom is -0.508 e. The first-order valence-electron chi connectivity index (χ1n) is 38.1. The van der Waals surface area contributed by atoms with Crippen molar-refractivity contribution < 1.29 is 84.6 Å². The minimum absolute atomic E-state index is 0.200. The van der Waals surface area contributed by atoms with E-state index in [1.54, 1.807) is 101 Å². The van der Waals surface area contributed by atoms with Crippen LogP contribution in [0.5, 0.6) is 17.2 Å². The van der Waals surface area contributed by atoms with Gasteiger partial charge in [0.25, 0.3) is 0 Å². The highest BCUT2D eigenvalue weighted by Crippen LogP contribution is 2.29. The van der Waals surface area contributed by atoms with Gasteiger partial charge < -0.3 is 51.1 Å². The van der Waals surface area contributed by atoms with E-state index < -0.39 is 41.8 Å². The molecule has 0 amide bonds. The van der Waals surface area contributed by atoms with Crippen LogP contribution in [0, 0.1) is 0 Å². The van der Waals surface area contributed by atoms with Gasteiger partial charge in [0.2, 0.25) is 0 Å². The number of unbranched alkanes of at least 4 members (excludes halogenated alkanes) is 16. The Morgan fingerprint density at radius 2 is 0.404 bits per heavy atom. The normalized spacial score (nSPS) is 10.3. The van der Waals surface area contributed by atoms with Crippen LogP contribution >= 0.6 is 129 Å². The molecule has 0 aromatic heterocycles. The molecule has 0 aliphatic rings. The van der Waals surface area contributed by atoms with Gasteiger partial charge in [-0.05, 0) is 269 Å². The Bertz CT molecular complexity index is 3610. The average Bonchev–Trinajstić information content (AvgIpc) is 1.02. The van der Waals surface area contributed by atoms with Gasteiger partial charge in [-0.3, -0.25) is 33.6 Å². The summed E-state index contributed by atoms with van der Waals surface area (Å²) in [5, 5.41) is 89.7. The van der Waals surface area contributed by atoms with Crippen LogP contribution in [-0.4, -0.2) is 133 Å². The highest BCUT2D eigenvalue weighted by atomic mass is 35.5. The van der Waals surface area contributed by atoms with Crippen LogP contribution in [0.4, 0.5) is 0 Å². The molecular weight excluding hydrogens is 1670 g/mol. The van der Waals surface area contributed by atoms with E-state index in [4.69, 9.17) is 92.4 Å². The van der Waals surface area contributed by atoms with Crippen molar-refractivity contribution in [3.63, 3.8) is 0 Å². The monoisotopic (exact) mass is 1780 g/mol. The van der Waals surface area contributed by atoms with E-state index in [1.807, 2.05) is 151 Å². The molecule has 7 aromatic rings. The van der Waals surface area contributed by atoms with Gasteiger partial charge >= 0.3 is 41.8 Å². The smallest absolute Gasteiger partial charge is 0.303 e. The maximum absolute atomic E-state index is 10.3. The first-order chi connectivity index (χ1) is 54.8. The molecule has 7 aromatic carbocycles. The van der Waals surface area contributed by atoms with Gasteiger partial charge in [0.1, 0.15) is 17.2 Å². The number of phenolic OH excluding ortho intramolecular Hbond substituents is 3. The van der Waals surface area contributed by atoms with Crippen molar-refractivity contribution in [2.24, 2.45) is 0 Å². The molecule has 0 radical (unpaired) electrons. The number of carboxylic acids is 7. The molecule has 0 fully saturated rings. The van der Waals surface area contributed by atoms with Gasteiger partial charge in [0.15, 0.2) is 0 Å². The Balaban J connectivity index is 0.000000666. The summed E-state index contributed by atoms with van der Waals surface area (Å²) >= 11 is 35.4. The zero-order valence-corrected chi connectivity index (χ0v) is 73.3. The molecule has 0 saturated carbocycles. The molecule has 7 rings (SSSR count). The van der Waals surface area contributed by atoms with E-state index in [0.29, 0.717) is 31.4 Å². The summed E-state index contributed by atoms with van der Waals surface area (Å²) in [7, 11) is 0.